The van der Waals surface area contributed by atoms with Gasteiger partial charge in [0.1, 0.15) is 6.61 Å². The molecule has 2 rings (SSSR count). The zero-order valence-corrected chi connectivity index (χ0v) is 8.31. The van der Waals surface area contributed by atoms with Gasteiger partial charge in [-0.2, -0.15) is 0 Å². The molecule has 3 nitrogen and oxygen atoms in total. The molecule has 1 aliphatic rings. The van der Waals surface area contributed by atoms with E-state index in [9.17, 15) is 0 Å². The number of hydrogen-bond acceptors (Lipinski definition) is 3. The fraction of sp³-hybridized carbons (Fsp3) is 0.364. The molecular weight excluding hydrogens is 176 g/mol. The van der Waals surface area contributed by atoms with Crippen LogP contribution in [0.4, 0.5) is 5.69 Å². The number of para-hydroxylation sites is 1. The zero-order valence-electron chi connectivity index (χ0n) is 8.31. The number of benzene rings is 1. The quantitative estimate of drug-likeness (QED) is 0.714. The first-order chi connectivity index (χ1) is 6.92. The standard InChI is InChI=1S/C11H14N2O/c1-2-13(11-8-9-14-12-11)10-6-4-3-5-7-10/h3-7H,2,8-9H2,1H3. The molecule has 0 saturated heterocycles. The smallest absolute Gasteiger partial charge is 0.152 e. The molecule has 74 valence electrons. The van der Waals surface area contributed by atoms with Gasteiger partial charge in [0.15, 0.2) is 5.84 Å². The van der Waals surface area contributed by atoms with E-state index in [4.69, 9.17) is 4.84 Å². The molecule has 0 aliphatic carbocycles. The molecule has 1 heterocycles. The topological polar surface area (TPSA) is 24.8 Å². The predicted octanol–water partition coefficient (Wildman–Crippen LogP) is 2.25. The highest BCUT2D eigenvalue weighted by Gasteiger charge is 2.16. The fourth-order valence-corrected chi connectivity index (χ4v) is 1.61. The van der Waals surface area contributed by atoms with Gasteiger partial charge >= 0.3 is 0 Å². The summed E-state index contributed by atoms with van der Waals surface area (Å²) >= 11 is 0. The minimum atomic E-state index is 0.707. The highest BCUT2D eigenvalue weighted by Crippen LogP contribution is 2.16. The van der Waals surface area contributed by atoms with E-state index in [1.54, 1.807) is 0 Å². The Morgan fingerprint density at radius 1 is 1.36 bits per heavy atom. The van der Waals surface area contributed by atoms with Gasteiger partial charge in [-0.1, -0.05) is 23.4 Å². The summed E-state index contributed by atoms with van der Waals surface area (Å²) in [7, 11) is 0. The van der Waals surface area contributed by atoms with Crippen molar-refractivity contribution in [2.75, 3.05) is 18.1 Å². The molecule has 1 aromatic rings. The third kappa shape index (κ3) is 1.71. The van der Waals surface area contributed by atoms with Gasteiger partial charge in [0, 0.05) is 18.7 Å². The van der Waals surface area contributed by atoms with Crippen molar-refractivity contribution in [1.29, 1.82) is 0 Å². The molecule has 0 amide bonds. The number of hydrogen-bond donors (Lipinski definition) is 0. The normalized spacial score (nSPS) is 14.8. The summed E-state index contributed by atoms with van der Waals surface area (Å²) in [5.74, 6) is 1.03. The summed E-state index contributed by atoms with van der Waals surface area (Å²) in [6, 6.07) is 10.3. The van der Waals surface area contributed by atoms with Crippen molar-refractivity contribution < 1.29 is 4.84 Å². The van der Waals surface area contributed by atoms with E-state index in [-0.39, 0.29) is 0 Å². The molecule has 0 saturated carbocycles. The van der Waals surface area contributed by atoms with E-state index in [1.807, 2.05) is 18.2 Å². The van der Waals surface area contributed by atoms with Crippen molar-refractivity contribution in [3.63, 3.8) is 0 Å². The van der Waals surface area contributed by atoms with Crippen molar-refractivity contribution in [3.8, 4) is 0 Å². The third-order valence-corrected chi connectivity index (χ3v) is 2.28. The summed E-state index contributed by atoms with van der Waals surface area (Å²) in [5.41, 5.74) is 1.18. The van der Waals surface area contributed by atoms with Crippen LogP contribution in [0.5, 0.6) is 0 Å². The average Bonchev–Trinajstić information content (AvgIpc) is 2.74. The number of rotatable bonds is 2. The highest BCUT2D eigenvalue weighted by molar-refractivity contribution is 5.98. The predicted molar refractivity (Wildman–Crippen MR) is 57.5 cm³/mol. The van der Waals surface area contributed by atoms with Crippen LogP contribution in [0.15, 0.2) is 35.5 Å². The Labute approximate surface area is 84.0 Å². The van der Waals surface area contributed by atoms with E-state index in [1.165, 1.54) is 5.69 Å². The maximum Gasteiger partial charge on any atom is 0.152 e. The Kier molecular flexibility index (Phi) is 2.68. The first-order valence-electron chi connectivity index (χ1n) is 4.93. The number of anilines is 1. The molecule has 0 bridgehead atoms. The third-order valence-electron chi connectivity index (χ3n) is 2.28. The molecule has 0 atom stereocenters. The lowest BCUT2D eigenvalue weighted by molar-refractivity contribution is 0.173. The molecule has 0 radical (unpaired) electrons. The van der Waals surface area contributed by atoms with Gasteiger partial charge in [0.2, 0.25) is 0 Å². The highest BCUT2D eigenvalue weighted by atomic mass is 16.6. The fourth-order valence-electron chi connectivity index (χ4n) is 1.61. The molecule has 1 aromatic carbocycles. The van der Waals surface area contributed by atoms with Crippen LogP contribution in [0.25, 0.3) is 0 Å². The Morgan fingerprint density at radius 2 is 2.14 bits per heavy atom. The van der Waals surface area contributed by atoms with E-state index in [0.29, 0.717) is 6.61 Å². The molecule has 0 spiro atoms. The first-order valence-corrected chi connectivity index (χ1v) is 4.93. The van der Waals surface area contributed by atoms with Crippen molar-refractivity contribution in [3.05, 3.63) is 30.3 Å². The second-order valence-corrected chi connectivity index (χ2v) is 3.17. The van der Waals surface area contributed by atoms with E-state index >= 15 is 0 Å². The number of oxime groups is 1. The summed E-state index contributed by atoms with van der Waals surface area (Å²) in [6.07, 6.45) is 0.905. The van der Waals surface area contributed by atoms with E-state index in [2.05, 4.69) is 29.1 Å². The van der Waals surface area contributed by atoms with Crippen molar-refractivity contribution in [2.24, 2.45) is 5.16 Å². The summed E-state index contributed by atoms with van der Waals surface area (Å²) in [4.78, 5) is 7.18. The van der Waals surface area contributed by atoms with Gasteiger partial charge in [-0.15, -0.1) is 0 Å². The van der Waals surface area contributed by atoms with Gasteiger partial charge in [-0.3, -0.25) is 0 Å². The second-order valence-electron chi connectivity index (χ2n) is 3.17. The second kappa shape index (κ2) is 4.13. The first kappa shape index (κ1) is 9.06. The average molecular weight is 190 g/mol. The van der Waals surface area contributed by atoms with Gasteiger partial charge in [0.25, 0.3) is 0 Å². The van der Waals surface area contributed by atoms with Crippen molar-refractivity contribution in [1.82, 2.24) is 0 Å². The van der Waals surface area contributed by atoms with Crippen LogP contribution in [0.2, 0.25) is 0 Å². The summed E-state index contributed by atoms with van der Waals surface area (Å²) < 4.78 is 0. The maximum atomic E-state index is 5.01. The Hall–Kier alpha value is -1.51. The summed E-state index contributed by atoms with van der Waals surface area (Å²) in [5, 5.41) is 4.03. The summed E-state index contributed by atoms with van der Waals surface area (Å²) in [6.45, 7) is 3.75. The minimum absolute atomic E-state index is 0.707. The minimum Gasteiger partial charge on any atom is -0.394 e. The SMILES string of the molecule is CCN(C1=NOCC1)c1ccccc1. The molecule has 1 aliphatic heterocycles. The van der Waals surface area contributed by atoms with E-state index in [0.717, 1.165) is 18.8 Å². The molecule has 0 unspecified atom stereocenters. The van der Waals surface area contributed by atoms with Crippen molar-refractivity contribution in [2.45, 2.75) is 13.3 Å². The largest absolute Gasteiger partial charge is 0.394 e. The van der Waals surface area contributed by atoms with Crippen LogP contribution in [-0.2, 0) is 4.84 Å². The zero-order chi connectivity index (χ0) is 9.80. The van der Waals surface area contributed by atoms with Gasteiger partial charge < -0.3 is 9.74 Å². The molecule has 0 fully saturated rings. The van der Waals surface area contributed by atoms with Gasteiger partial charge in [0.05, 0.1) is 0 Å². The molecule has 14 heavy (non-hydrogen) atoms. The molecular formula is C11H14N2O. The maximum absolute atomic E-state index is 5.01. The van der Waals surface area contributed by atoms with Crippen LogP contribution in [0.3, 0.4) is 0 Å². The Balaban J connectivity index is 2.21. The Morgan fingerprint density at radius 3 is 2.71 bits per heavy atom. The lowest BCUT2D eigenvalue weighted by Crippen LogP contribution is -2.29. The van der Waals surface area contributed by atoms with Crippen LogP contribution in [0.1, 0.15) is 13.3 Å². The van der Waals surface area contributed by atoms with Gasteiger partial charge in [-0.25, -0.2) is 0 Å². The van der Waals surface area contributed by atoms with Crippen LogP contribution in [-0.4, -0.2) is 19.0 Å². The van der Waals surface area contributed by atoms with Gasteiger partial charge in [-0.05, 0) is 19.1 Å². The monoisotopic (exact) mass is 190 g/mol. The number of amidine groups is 1. The lowest BCUT2D eigenvalue weighted by atomic mass is 10.2. The van der Waals surface area contributed by atoms with Crippen LogP contribution >= 0.6 is 0 Å². The molecule has 0 aromatic heterocycles. The van der Waals surface area contributed by atoms with Crippen LogP contribution < -0.4 is 4.90 Å². The van der Waals surface area contributed by atoms with E-state index < -0.39 is 0 Å². The number of nitrogens with zero attached hydrogens (tertiary/aromatic N) is 2. The molecule has 3 heteroatoms. The van der Waals surface area contributed by atoms with Crippen molar-refractivity contribution >= 4 is 11.5 Å². The van der Waals surface area contributed by atoms with Crippen LogP contribution in [0, 0.1) is 0 Å². The Bertz CT molecular complexity index is 321. The lowest BCUT2D eigenvalue weighted by Gasteiger charge is -2.21. The molecule has 0 N–H and O–H groups in total.